The lowest BCUT2D eigenvalue weighted by atomic mass is 10.1. The maximum atomic E-state index is 11.5. The van der Waals surface area contributed by atoms with Gasteiger partial charge in [-0.3, -0.25) is 9.69 Å². The summed E-state index contributed by atoms with van der Waals surface area (Å²) in [4.78, 5) is 22.6. The molecule has 0 saturated carbocycles. The summed E-state index contributed by atoms with van der Waals surface area (Å²) in [6, 6.07) is 13.9. The second kappa shape index (κ2) is 8.44. The third-order valence-corrected chi connectivity index (χ3v) is 5.56. The number of aryl methyl sites for hydroxylation is 1. The van der Waals surface area contributed by atoms with Gasteiger partial charge in [-0.15, -0.1) is 0 Å². The van der Waals surface area contributed by atoms with Gasteiger partial charge in [0.15, 0.2) is 0 Å². The van der Waals surface area contributed by atoms with Crippen molar-refractivity contribution in [1.29, 1.82) is 0 Å². The van der Waals surface area contributed by atoms with Crippen molar-refractivity contribution in [3.63, 3.8) is 0 Å². The van der Waals surface area contributed by atoms with Gasteiger partial charge < -0.3 is 14.9 Å². The third-order valence-electron chi connectivity index (χ3n) is 5.56. The quantitative estimate of drug-likeness (QED) is 0.632. The lowest BCUT2D eigenvalue weighted by Crippen LogP contribution is -2.47. The van der Waals surface area contributed by atoms with Crippen LogP contribution < -0.4 is 10.5 Å². The van der Waals surface area contributed by atoms with Gasteiger partial charge in [-0.1, -0.05) is 30.7 Å². The van der Waals surface area contributed by atoms with Crippen molar-refractivity contribution in [3.8, 4) is 0 Å². The van der Waals surface area contributed by atoms with Gasteiger partial charge in [0.25, 0.3) is 0 Å². The van der Waals surface area contributed by atoms with E-state index >= 15 is 0 Å². The first-order valence-electron chi connectivity index (χ1n) is 10.0. The number of aromatic nitrogens is 2. The number of rotatable bonds is 7. The molecule has 0 bridgehead atoms. The zero-order valence-electron chi connectivity index (χ0n) is 15.8. The molecule has 1 aromatic carbocycles. The Hall–Kier alpha value is -2.53. The highest BCUT2D eigenvalue weighted by Crippen LogP contribution is 2.20. The molecule has 27 heavy (non-hydrogen) atoms. The van der Waals surface area contributed by atoms with Crippen molar-refractivity contribution in [3.05, 3.63) is 64.6 Å². The van der Waals surface area contributed by atoms with E-state index in [4.69, 9.17) is 0 Å². The first-order valence-corrected chi connectivity index (χ1v) is 10.0. The van der Waals surface area contributed by atoms with E-state index in [1.54, 1.807) is 6.07 Å². The Kier molecular flexibility index (Phi) is 5.58. The smallest absolute Gasteiger partial charge is 0.249 e. The van der Waals surface area contributed by atoms with Gasteiger partial charge in [0, 0.05) is 49.3 Å². The fourth-order valence-corrected chi connectivity index (χ4v) is 4.00. The van der Waals surface area contributed by atoms with E-state index in [9.17, 15) is 4.79 Å². The molecule has 1 saturated heterocycles. The molecule has 4 rings (SSSR count). The second-order valence-electron chi connectivity index (χ2n) is 7.40. The summed E-state index contributed by atoms with van der Waals surface area (Å²) in [6.07, 6.45) is 7.08. The number of pyridine rings is 1. The molecule has 1 aliphatic rings. The Morgan fingerprint density at radius 1 is 0.889 bits per heavy atom. The van der Waals surface area contributed by atoms with Crippen LogP contribution in [0.1, 0.15) is 24.8 Å². The van der Waals surface area contributed by atoms with Gasteiger partial charge in [0.2, 0.25) is 5.56 Å². The Morgan fingerprint density at radius 2 is 1.74 bits per heavy atom. The van der Waals surface area contributed by atoms with Crippen LogP contribution in [0.25, 0.3) is 10.9 Å². The van der Waals surface area contributed by atoms with Gasteiger partial charge in [-0.25, -0.2) is 0 Å². The summed E-state index contributed by atoms with van der Waals surface area (Å²) in [5.41, 5.74) is 2.66. The molecule has 1 aliphatic heterocycles. The molecule has 142 valence electrons. The number of para-hydroxylation sites is 1. The molecule has 3 heterocycles. The Balaban J connectivity index is 1.16. The molecular formula is C22H28N4O. The molecule has 0 radical (unpaired) electrons. The first-order chi connectivity index (χ1) is 13.3. The number of nitrogens with zero attached hydrogens (tertiary/aromatic N) is 2. The molecule has 0 unspecified atom stereocenters. The number of fused-ring (bicyclic) bond motifs is 1. The second-order valence-corrected chi connectivity index (χ2v) is 7.40. The largest absolute Gasteiger partial charge is 0.361 e. The van der Waals surface area contributed by atoms with Crippen LogP contribution >= 0.6 is 0 Å². The molecule has 1 fully saturated rings. The van der Waals surface area contributed by atoms with Gasteiger partial charge in [0.05, 0.1) is 0 Å². The van der Waals surface area contributed by atoms with Crippen molar-refractivity contribution in [1.82, 2.24) is 14.9 Å². The minimum Gasteiger partial charge on any atom is -0.361 e. The van der Waals surface area contributed by atoms with Gasteiger partial charge >= 0.3 is 0 Å². The zero-order chi connectivity index (χ0) is 18.5. The minimum atomic E-state index is -0.0230. The Labute approximate surface area is 160 Å². The van der Waals surface area contributed by atoms with Crippen molar-refractivity contribution < 1.29 is 0 Å². The molecule has 0 spiro atoms. The molecule has 2 aromatic heterocycles. The van der Waals surface area contributed by atoms with E-state index in [1.807, 2.05) is 12.1 Å². The van der Waals surface area contributed by atoms with Crippen LogP contribution in [0.3, 0.4) is 0 Å². The average Bonchev–Trinajstić information content (AvgIpc) is 3.11. The summed E-state index contributed by atoms with van der Waals surface area (Å²) < 4.78 is 0. The maximum Gasteiger partial charge on any atom is 0.249 e. The monoisotopic (exact) mass is 364 g/mol. The van der Waals surface area contributed by atoms with Crippen LogP contribution in [0.2, 0.25) is 0 Å². The summed E-state index contributed by atoms with van der Waals surface area (Å²) in [5.74, 6) is 0.945. The number of benzene rings is 1. The fraction of sp³-hybridized carbons (Fsp3) is 0.409. The number of anilines is 1. The molecule has 2 N–H and O–H groups in total. The van der Waals surface area contributed by atoms with E-state index in [0.29, 0.717) is 0 Å². The van der Waals surface area contributed by atoms with E-state index in [0.717, 1.165) is 38.4 Å². The maximum absolute atomic E-state index is 11.5. The highest BCUT2D eigenvalue weighted by molar-refractivity contribution is 5.82. The number of aromatic amines is 2. The third kappa shape index (κ3) is 4.42. The van der Waals surface area contributed by atoms with Crippen LogP contribution in [0.5, 0.6) is 0 Å². The first kappa shape index (κ1) is 17.9. The van der Waals surface area contributed by atoms with Crippen molar-refractivity contribution in [2.75, 3.05) is 37.6 Å². The van der Waals surface area contributed by atoms with E-state index in [-0.39, 0.29) is 5.56 Å². The summed E-state index contributed by atoms with van der Waals surface area (Å²) >= 11 is 0. The van der Waals surface area contributed by atoms with Crippen molar-refractivity contribution >= 4 is 16.7 Å². The molecule has 0 atom stereocenters. The standard InChI is InChI=1S/C22H28N4O/c27-22-11-6-10-21(24-22)26-15-13-25(14-16-26)12-5-1-2-7-18-17-23-20-9-4-3-8-19(18)20/h3-4,6,8-11,17,23H,1-2,5,7,12-16H2,(H,24,27). The van der Waals surface area contributed by atoms with Crippen LogP contribution in [-0.4, -0.2) is 47.6 Å². The van der Waals surface area contributed by atoms with Gasteiger partial charge in [-0.2, -0.15) is 0 Å². The number of nitrogens with one attached hydrogen (secondary N) is 2. The van der Waals surface area contributed by atoms with E-state index in [1.165, 1.54) is 42.3 Å². The van der Waals surface area contributed by atoms with Crippen LogP contribution in [-0.2, 0) is 6.42 Å². The number of hydrogen-bond acceptors (Lipinski definition) is 3. The van der Waals surface area contributed by atoms with Crippen molar-refractivity contribution in [2.24, 2.45) is 0 Å². The fourth-order valence-electron chi connectivity index (χ4n) is 4.00. The number of H-pyrrole nitrogens is 2. The zero-order valence-corrected chi connectivity index (χ0v) is 15.8. The number of unbranched alkanes of at least 4 members (excludes halogenated alkanes) is 2. The Morgan fingerprint density at radius 3 is 2.59 bits per heavy atom. The number of piperazine rings is 1. The van der Waals surface area contributed by atoms with E-state index in [2.05, 4.69) is 50.2 Å². The predicted molar refractivity (Wildman–Crippen MR) is 112 cm³/mol. The van der Waals surface area contributed by atoms with Gasteiger partial charge in [0.1, 0.15) is 5.82 Å². The summed E-state index contributed by atoms with van der Waals surface area (Å²) in [5, 5.41) is 1.37. The highest BCUT2D eigenvalue weighted by Gasteiger charge is 2.17. The van der Waals surface area contributed by atoms with Crippen LogP contribution in [0, 0.1) is 0 Å². The predicted octanol–water partition coefficient (Wildman–Crippen LogP) is 3.39. The lowest BCUT2D eigenvalue weighted by molar-refractivity contribution is 0.251. The summed E-state index contributed by atoms with van der Waals surface area (Å²) in [6.45, 7) is 5.27. The topological polar surface area (TPSA) is 55.1 Å². The average molecular weight is 364 g/mol. The number of hydrogen-bond donors (Lipinski definition) is 2. The van der Waals surface area contributed by atoms with Crippen molar-refractivity contribution in [2.45, 2.75) is 25.7 Å². The minimum absolute atomic E-state index is 0.0230. The molecule has 0 amide bonds. The molecule has 5 heteroatoms. The lowest BCUT2D eigenvalue weighted by Gasteiger charge is -2.35. The normalized spacial score (nSPS) is 15.5. The Bertz CT molecular complexity index is 921. The highest BCUT2D eigenvalue weighted by atomic mass is 16.1. The molecule has 3 aromatic rings. The molecule has 0 aliphatic carbocycles. The van der Waals surface area contributed by atoms with Gasteiger partial charge in [-0.05, 0) is 43.5 Å². The SMILES string of the molecule is O=c1cccc(N2CCN(CCCCCc3c[nH]c4ccccc34)CC2)[nH]1. The van der Waals surface area contributed by atoms with Crippen LogP contribution in [0.4, 0.5) is 5.82 Å². The summed E-state index contributed by atoms with van der Waals surface area (Å²) in [7, 11) is 0. The van der Waals surface area contributed by atoms with Crippen LogP contribution in [0.15, 0.2) is 53.5 Å². The molecular weight excluding hydrogens is 336 g/mol. The van der Waals surface area contributed by atoms with E-state index < -0.39 is 0 Å². The molecule has 5 nitrogen and oxygen atoms in total.